The van der Waals surface area contributed by atoms with Gasteiger partial charge in [-0.1, -0.05) is 19.9 Å². The van der Waals surface area contributed by atoms with E-state index in [0.717, 1.165) is 17.3 Å². The van der Waals surface area contributed by atoms with E-state index in [1.54, 1.807) is 11.3 Å². The number of thiophene rings is 1. The molecule has 0 aliphatic heterocycles. The highest BCUT2D eigenvalue weighted by Gasteiger charge is 2.16. The van der Waals surface area contributed by atoms with Crippen LogP contribution >= 0.6 is 11.3 Å². The zero-order chi connectivity index (χ0) is 14.8. The second-order valence-electron chi connectivity index (χ2n) is 5.30. The monoisotopic (exact) mass is 298 g/mol. The maximum atomic E-state index is 4.65. The first-order valence-electron chi connectivity index (χ1n) is 7.06. The molecule has 3 heterocycles. The molecule has 3 aromatic heterocycles. The van der Waals surface area contributed by atoms with Gasteiger partial charge in [-0.2, -0.15) is 0 Å². The lowest BCUT2D eigenvalue weighted by Gasteiger charge is -2.15. The van der Waals surface area contributed by atoms with Crippen molar-refractivity contribution in [2.75, 3.05) is 0 Å². The van der Waals surface area contributed by atoms with E-state index in [0.29, 0.717) is 5.92 Å². The van der Waals surface area contributed by atoms with Gasteiger partial charge in [-0.15, -0.1) is 11.3 Å². The number of nitrogens with zero attached hydrogens (tertiary/aromatic N) is 4. The SMILES string of the molecule is CC(C)c1nccc(-c2nccn2[C@H](C)c2cccs2)n1. The Hall–Kier alpha value is -2.01. The lowest BCUT2D eigenvalue weighted by Crippen LogP contribution is -2.08. The molecule has 3 aromatic rings. The van der Waals surface area contributed by atoms with Crippen LogP contribution in [0.1, 0.15) is 43.4 Å². The third-order valence-corrected chi connectivity index (χ3v) is 4.50. The molecule has 0 saturated carbocycles. The second-order valence-corrected chi connectivity index (χ2v) is 6.28. The van der Waals surface area contributed by atoms with Crippen molar-refractivity contribution in [1.29, 1.82) is 0 Å². The summed E-state index contributed by atoms with van der Waals surface area (Å²) in [7, 11) is 0. The van der Waals surface area contributed by atoms with Crippen LogP contribution in [0.15, 0.2) is 42.2 Å². The summed E-state index contributed by atoms with van der Waals surface area (Å²) in [6.45, 7) is 6.38. The van der Waals surface area contributed by atoms with E-state index in [2.05, 4.69) is 57.8 Å². The fourth-order valence-corrected chi connectivity index (χ4v) is 3.05. The Balaban J connectivity index is 2.01. The summed E-state index contributed by atoms with van der Waals surface area (Å²) in [6, 6.07) is 6.40. The van der Waals surface area contributed by atoms with Gasteiger partial charge in [-0.05, 0) is 24.4 Å². The van der Waals surface area contributed by atoms with Gasteiger partial charge in [-0.3, -0.25) is 0 Å². The molecule has 5 heteroatoms. The van der Waals surface area contributed by atoms with Gasteiger partial charge in [0.15, 0.2) is 5.82 Å². The molecule has 0 aromatic carbocycles. The first-order chi connectivity index (χ1) is 10.2. The Morgan fingerprint density at radius 1 is 1.10 bits per heavy atom. The van der Waals surface area contributed by atoms with Gasteiger partial charge in [0.2, 0.25) is 0 Å². The minimum absolute atomic E-state index is 0.250. The Kier molecular flexibility index (Phi) is 3.84. The molecule has 0 spiro atoms. The molecular formula is C16H18N4S. The summed E-state index contributed by atoms with van der Waals surface area (Å²) in [6.07, 6.45) is 5.65. The Morgan fingerprint density at radius 2 is 1.95 bits per heavy atom. The predicted octanol–water partition coefficient (Wildman–Crippen LogP) is 4.13. The van der Waals surface area contributed by atoms with E-state index < -0.39 is 0 Å². The quantitative estimate of drug-likeness (QED) is 0.727. The Morgan fingerprint density at radius 3 is 2.67 bits per heavy atom. The summed E-state index contributed by atoms with van der Waals surface area (Å²) >= 11 is 1.76. The van der Waals surface area contributed by atoms with E-state index in [4.69, 9.17) is 0 Å². The van der Waals surface area contributed by atoms with Crippen LogP contribution in [0.3, 0.4) is 0 Å². The average Bonchev–Trinajstić information content (AvgIpc) is 3.18. The summed E-state index contributed by atoms with van der Waals surface area (Å²) in [5, 5.41) is 2.10. The Bertz CT molecular complexity index is 715. The van der Waals surface area contributed by atoms with E-state index >= 15 is 0 Å². The molecule has 3 rings (SSSR count). The largest absolute Gasteiger partial charge is 0.322 e. The van der Waals surface area contributed by atoms with Crippen LogP contribution in [0.2, 0.25) is 0 Å². The summed E-state index contributed by atoms with van der Waals surface area (Å²) in [4.78, 5) is 14.8. The molecule has 0 saturated heterocycles. The summed E-state index contributed by atoms with van der Waals surface area (Å²) in [5.41, 5.74) is 0.877. The van der Waals surface area contributed by atoms with Crippen molar-refractivity contribution in [3.63, 3.8) is 0 Å². The van der Waals surface area contributed by atoms with Crippen LogP contribution in [0.25, 0.3) is 11.5 Å². The normalized spacial score (nSPS) is 12.8. The first-order valence-corrected chi connectivity index (χ1v) is 7.94. The molecule has 21 heavy (non-hydrogen) atoms. The third kappa shape index (κ3) is 2.74. The molecule has 4 nitrogen and oxygen atoms in total. The molecule has 0 unspecified atom stereocenters. The topological polar surface area (TPSA) is 43.6 Å². The van der Waals surface area contributed by atoms with Gasteiger partial charge >= 0.3 is 0 Å². The predicted molar refractivity (Wildman–Crippen MR) is 85.5 cm³/mol. The average molecular weight is 298 g/mol. The highest BCUT2D eigenvalue weighted by molar-refractivity contribution is 7.10. The van der Waals surface area contributed by atoms with E-state index in [9.17, 15) is 0 Å². The van der Waals surface area contributed by atoms with Crippen LogP contribution in [-0.4, -0.2) is 19.5 Å². The lowest BCUT2D eigenvalue weighted by atomic mass is 10.2. The standard InChI is InChI=1S/C16H18N4S/c1-11(2)15-17-7-6-13(19-15)16-18-8-9-20(16)12(3)14-5-4-10-21-14/h4-12H,1-3H3/t12-/m1/s1. The molecule has 0 aliphatic carbocycles. The van der Waals surface area contributed by atoms with Gasteiger partial charge in [0, 0.05) is 29.4 Å². The van der Waals surface area contributed by atoms with Crippen LogP contribution < -0.4 is 0 Å². The first kappa shape index (κ1) is 13.9. The van der Waals surface area contributed by atoms with Gasteiger partial charge in [0.05, 0.1) is 6.04 Å². The molecule has 1 atom stereocenters. The molecule has 0 bridgehead atoms. The van der Waals surface area contributed by atoms with Gasteiger partial charge in [0.25, 0.3) is 0 Å². The number of imidazole rings is 1. The zero-order valence-electron chi connectivity index (χ0n) is 12.4. The smallest absolute Gasteiger partial charge is 0.159 e. The second kappa shape index (κ2) is 5.77. The maximum Gasteiger partial charge on any atom is 0.159 e. The molecular weight excluding hydrogens is 280 g/mol. The maximum absolute atomic E-state index is 4.65. The van der Waals surface area contributed by atoms with Gasteiger partial charge in [-0.25, -0.2) is 15.0 Å². The van der Waals surface area contributed by atoms with Crippen LogP contribution in [0.4, 0.5) is 0 Å². The highest BCUT2D eigenvalue weighted by Crippen LogP contribution is 2.27. The highest BCUT2D eigenvalue weighted by atomic mass is 32.1. The van der Waals surface area contributed by atoms with Crippen molar-refractivity contribution in [1.82, 2.24) is 19.5 Å². The van der Waals surface area contributed by atoms with Crippen molar-refractivity contribution < 1.29 is 0 Å². The van der Waals surface area contributed by atoms with Gasteiger partial charge < -0.3 is 4.57 Å². The molecule has 0 radical (unpaired) electrons. The zero-order valence-corrected chi connectivity index (χ0v) is 13.2. The van der Waals surface area contributed by atoms with Crippen molar-refractivity contribution in [3.05, 3.63) is 52.9 Å². The molecule has 108 valence electrons. The fourth-order valence-electron chi connectivity index (χ4n) is 2.27. The fraction of sp³-hybridized carbons (Fsp3) is 0.312. The third-order valence-electron chi connectivity index (χ3n) is 3.46. The molecule has 0 amide bonds. The van der Waals surface area contributed by atoms with E-state index in [1.165, 1.54) is 4.88 Å². The Labute approximate surface area is 128 Å². The number of hydrogen-bond acceptors (Lipinski definition) is 4. The van der Waals surface area contributed by atoms with Crippen molar-refractivity contribution in [3.8, 4) is 11.5 Å². The van der Waals surface area contributed by atoms with E-state index in [1.807, 2.05) is 24.7 Å². The summed E-state index contributed by atoms with van der Waals surface area (Å²) in [5.74, 6) is 2.05. The van der Waals surface area contributed by atoms with Crippen molar-refractivity contribution >= 4 is 11.3 Å². The van der Waals surface area contributed by atoms with Crippen molar-refractivity contribution in [2.45, 2.75) is 32.7 Å². The number of aromatic nitrogens is 4. The molecule has 0 N–H and O–H groups in total. The minimum atomic E-state index is 0.250. The number of hydrogen-bond donors (Lipinski definition) is 0. The lowest BCUT2D eigenvalue weighted by molar-refractivity contribution is 0.654. The summed E-state index contributed by atoms with van der Waals surface area (Å²) < 4.78 is 2.16. The van der Waals surface area contributed by atoms with Crippen molar-refractivity contribution in [2.24, 2.45) is 0 Å². The number of rotatable bonds is 4. The minimum Gasteiger partial charge on any atom is -0.322 e. The molecule has 0 fully saturated rings. The van der Waals surface area contributed by atoms with Gasteiger partial charge in [0.1, 0.15) is 11.5 Å². The van der Waals surface area contributed by atoms with Crippen LogP contribution in [0, 0.1) is 0 Å². The van der Waals surface area contributed by atoms with Crippen LogP contribution in [-0.2, 0) is 0 Å². The van der Waals surface area contributed by atoms with Crippen LogP contribution in [0.5, 0.6) is 0 Å². The van der Waals surface area contributed by atoms with E-state index in [-0.39, 0.29) is 6.04 Å². The molecule has 0 aliphatic rings.